The summed E-state index contributed by atoms with van der Waals surface area (Å²) in [7, 11) is 0. The molecule has 0 spiro atoms. The molecule has 0 amide bonds. The number of halogens is 1. The van der Waals surface area contributed by atoms with Gasteiger partial charge in [0.15, 0.2) is 11.3 Å². The zero-order valence-electron chi connectivity index (χ0n) is 20.8. The third kappa shape index (κ3) is 3.52. The molecule has 0 aliphatic rings. The third-order valence-electron chi connectivity index (χ3n) is 6.58. The molecule has 10 heteroatoms. The van der Waals surface area contributed by atoms with Crippen LogP contribution >= 0.6 is 11.3 Å². The van der Waals surface area contributed by atoms with Crippen LogP contribution in [0.2, 0.25) is 0 Å². The average molecular weight is 524 g/mol. The topological polar surface area (TPSA) is 105 Å². The molecule has 0 atom stereocenters. The van der Waals surface area contributed by atoms with E-state index in [1.54, 1.807) is 35.3 Å². The van der Waals surface area contributed by atoms with Gasteiger partial charge in [0.2, 0.25) is 5.91 Å². The summed E-state index contributed by atoms with van der Waals surface area (Å²) in [4.78, 5) is 31.4. The van der Waals surface area contributed by atoms with Gasteiger partial charge in [-0.25, -0.2) is 14.4 Å². The number of aromatic amines is 2. The second-order valence-corrected chi connectivity index (χ2v) is 11.7. The van der Waals surface area contributed by atoms with Gasteiger partial charge in [-0.3, -0.25) is 19.4 Å². The fourth-order valence-corrected chi connectivity index (χ4v) is 5.98. The van der Waals surface area contributed by atoms with Crippen molar-refractivity contribution in [2.75, 3.05) is 0 Å². The fraction of sp³-hybridized carbons (Fsp3) is 0.179. The number of nitrogens with zero attached hydrogens (tertiary/aromatic N) is 5. The van der Waals surface area contributed by atoms with Crippen LogP contribution in [0.1, 0.15) is 32.0 Å². The van der Waals surface area contributed by atoms with Crippen molar-refractivity contribution in [2.24, 2.45) is 5.41 Å². The largest absolute Gasteiger partial charge is 0.321 e. The lowest BCUT2D eigenvalue weighted by molar-refractivity contribution is 0.0867. The van der Waals surface area contributed by atoms with Gasteiger partial charge in [0.25, 0.3) is 0 Å². The van der Waals surface area contributed by atoms with Crippen molar-refractivity contribution in [1.29, 1.82) is 0 Å². The molecule has 6 heterocycles. The minimum absolute atomic E-state index is 0.0656. The minimum Gasteiger partial charge on any atom is -0.321 e. The number of nitrogens with one attached hydrogen (secondary N) is 2. The Kier molecular flexibility index (Phi) is 4.80. The van der Waals surface area contributed by atoms with Gasteiger partial charge in [-0.15, -0.1) is 11.3 Å². The van der Waals surface area contributed by atoms with Gasteiger partial charge in [-0.1, -0.05) is 20.8 Å². The standard InChI is InChI=1S/C28H22FN7OS/c1-28(2,3)11-20(37)36-15-10-14(12-30-13-15)16-4-5-18-22(23(16)29)25(35-34-18)27-32-24-17(8-9-31-26(24)33-27)19-6-7-21(36)38-19/h4-10,12-13H,11H2,1-3H3,(H,34,35)(H,31,32,33). The Labute approximate surface area is 218 Å². The van der Waals surface area contributed by atoms with Crippen LogP contribution in [0.15, 0.2) is 55.0 Å². The highest BCUT2D eigenvalue weighted by atomic mass is 32.1. The van der Waals surface area contributed by atoms with Gasteiger partial charge in [0.05, 0.1) is 22.6 Å². The van der Waals surface area contributed by atoms with Crippen LogP contribution in [0, 0.1) is 11.2 Å². The molecule has 6 aromatic heterocycles. The van der Waals surface area contributed by atoms with E-state index in [4.69, 9.17) is 4.98 Å². The number of fused-ring (bicyclic) bond motifs is 9. The number of carbonyl (C=O) groups is 1. The Bertz CT molecular complexity index is 2140. The second kappa shape index (κ2) is 8.03. The highest BCUT2D eigenvalue weighted by molar-refractivity contribution is 7.24. The number of H-pyrrole nitrogens is 2. The summed E-state index contributed by atoms with van der Waals surface area (Å²) < 4.78 is 18.8. The molecule has 0 radical (unpaired) electrons. The molecule has 7 rings (SSSR count). The number of aromatic nitrogens is 7. The molecule has 8 nitrogen and oxygen atoms in total. The SMILES string of the molecule is CC(C)(C)CC(=O)n1c2cncc(c2)c2ccc3[nH]nc(c4nc5c(nccc5c5ccc1s5)[nH]4)c3c2F. The van der Waals surface area contributed by atoms with E-state index in [0.717, 1.165) is 14.9 Å². The molecular weight excluding hydrogens is 501 g/mol. The number of rotatable bonds is 1. The lowest BCUT2D eigenvalue weighted by Crippen LogP contribution is -2.19. The van der Waals surface area contributed by atoms with E-state index in [2.05, 4.69) is 25.1 Å². The molecule has 0 aliphatic carbocycles. The smallest absolute Gasteiger partial charge is 0.232 e. The number of benzene rings is 1. The summed E-state index contributed by atoms with van der Waals surface area (Å²) >= 11 is 1.48. The normalized spacial score (nSPS) is 12.4. The van der Waals surface area contributed by atoms with Crippen LogP contribution in [0.4, 0.5) is 4.39 Å². The van der Waals surface area contributed by atoms with E-state index in [1.165, 1.54) is 11.3 Å². The molecule has 38 heavy (non-hydrogen) atoms. The van der Waals surface area contributed by atoms with Crippen LogP contribution < -0.4 is 0 Å². The quantitative estimate of drug-likeness (QED) is 0.240. The first-order valence-corrected chi connectivity index (χ1v) is 13.0. The van der Waals surface area contributed by atoms with Crippen molar-refractivity contribution >= 4 is 81.7 Å². The molecule has 0 saturated heterocycles. The fourth-order valence-electron chi connectivity index (χ4n) is 4.91. The molecule has 1 aromatic carbocycles. The van der Waals surface area contributed by atoms with Gasteiger partial charge >= 0.3 is 0 Å². The summed E-state index contributed by atoms with van der Waals surface area (Å²) in [5.74, 6) is -0.511. The molecule has 0 aliphatic heterocycles. The van der Waals surface area contributed by atoms with Crippen molar-refractivity contribution in [3.05, 3.63) is 60.8 Å². The molecule has 0 unspecified atom stereocenters. The maximum Gasteiger partial charge on any atom is 0.232 e. The minimum atomic E-state index is -0.445. The number of hydrogen-bond acceptors (Lipinski definition) is 6. The predicted molar refractivity (Wildman–Crippen MR) is 150 cm³/mol. The van der Waals surface area contributed by atoms with Crippen molar-refractivity contribution < 1.29 is 9.18 Å². The average Bonchev–Trinajstić information content (AvgIpc) is 3.61. The molecular formula is C28H22FN7OS. The highest BCUT2D eigenvalue weighted by Gasteiger charge is 2.20. The molecule has 0 saturated carbocycles. The van der Waals surface area contributed by atoms with E-state index in [9.17, 15) is 4.79 Å². The number of hydrogen-bond donors (Lipinski definition) is 2. The first kappa shape index (κ1) is 22.7. The van der Waals surface area contributed by atoms with Crippen LogP contribution in [-0.2, 0) is 0 Å². The Morgan fingerprint density at radius 3 is 2.76 bits per heavy atom. The van der Waals surface area contributed by atoms with Crippen LogP contribution in [0.3, 0.4) is 0 Å². The lowest BCUT2D eigenvalue weighted by Gasteiger charge is -2.18. The summed E-state index contributed by atoms with van der Waals surface area (Å²) in [6.45, 7) is 6.09. The van der Waals surface area contributed by atoms with E-state index in [1.807, 2.05) is 45.0 Å². The lowest BCUT2D eigenvalue weighted by atomic mass is 9.92. The Balaban J connectivity index is 1.74. The Hall–Kier alpha value is -4.44. The number of pyridine rings is 2. The van der Waals surface area contributed by atoms with E-state index in [0.29, 0.717) is 55.9 Å². The summed E-state index contributed by atoms with van der Waals surface area (Å²) in [6.07, 6.45) is 5.28. The van der Waals surface area contributed by atoms with E-state index >= 15 is 4.39 Å². The Morgan fingerprint density at radius 1 is 1.05 bits per heavy atom. The summed E-state index contributed by atoms with van der Waals surface area (Å²) in [5.41, 5.74) is 2.91. The van der Waals surface area contributed by atoms with Gasteiger partial charge in [-0.2, -0.15) is 5.10 Å². The van der Waals surface area contributed by atoms with Crippen molar-refractivity contribution in [3.8, 4) is 0 Å². The van der Waals surface area contributed by atoms with Crippen LogP contribution in [-0.4, -0.2) is 40.6 Å². The second-order valence-electron chi connectivity index (χ2n) is 10.6. The molecule has 2 N–H and O–H groups in total. The molecule has 0 fully saturated rings. The molecule has 7 aromatic rings. The zero-order valence-corrected chi connectivity index (χ0v) is 21.7. The van der Waals surface area contributed by atoms with Crippen molar-refractivity contribution in [3.63, 3.8) is 0 Å². The first-order chi connectivity index (χ1) is 18.3. The zero-order chi connectivity index (χ0) is 26.2. The number of imidazole rings is 1. The molecule has 8 bridgehead atoms. The van der Waals surface area contributed by atoms with Gasteiger partial charge in [0, 0.05) is 39.7 Å². The predicted octanol–water partition coefficient (Wildman–Crippen LogP) is 7.04. The van der Waals surface area contributed by atoms with Crippen molar-refractivity contribution in [1.82, 2.24) is 34.7 Å². The first-order valence-electron chi connectivity index (χ1n) is 12.2. The van der Waals surface area contributed by atoms with Gasteiger partial charge in [-0.05, 0) is 41.8 Å². The van der Waals surface area contributed by atoms with Gasteiger partial charge in [0.1, 0.15) is 21.7 Å². The highest BCUT2D eigenvalue weighted by Crippen LogP contribution is 2.32. The maximum atomic E-state index is 16.2. The summed E-state index contributed by atoms with van der Waals surface area (Å²) in [5, 5.41) is 9.41. The third-order valence-corrected chi connectivity index (χ3v) is 7.68. The van der Waals surface area contributed by atoms with Crippen molar-refractivity contribution in [2.45, 2.75) is 27.2 Å². The van der Waals surface area contributed by atoms with E-state index < -0.39 is 5.82 Å². The number of carbonyl (C=O) groups excluding carboxylic acids is 1. The van der Waals surface area contributed by atoms with E-state index in [-0.39, 0.29) is 11.3 Å². The molecule has 188 valence electrons. The van der Waals surface area contributed by atoms with Crippen LogP contribution in [0.25, 0.3) is 64.4 Å². The summed E-state index contributed by atoms with van der Waals surface area (Å²) in [6, 6.07) is 11.1. The Morgan fingerprint density at radius 2 is 1.92 bits per heavy atom. The number of thiophene rings is 1. The maximum absolute atomic E-state index is 16.2. The van der Waals surface area contributed by atoms with Gasteiger partial charge < -0.3 is 4.98 Å². The van der Waals surface area contributed by atoms with Crippen LogP contribution in [0.5, 0.6) is 0 Å². The monoisotopic (exact) mass is 523 g/mol.